The molecule has 18 heavy (non-hydrogen) atoms. The van der Waals surface area contributed by atoms with Crippen molar-refractivity contribution in [3.05, 3.63) is 28.2 Å². The van der Waals surface area contributed by atoms with Crippen LogP contribution in [0.2, 0.25) is 0 Å². The van der Waals surface area contributed by atoms with Crippen molar-refractivity contribution < 1.29 is 5.11 Å². The number of nitrogens with zero attached hydrogens (tertiary/aromatic N) is 2. The molecule has 1 fully saturated rings. The highest BCUT2D eigenvalue weighted by molar-refractivity contribution is 9.10. The molecule has 1 heterocycles. The summed E-state index contributed by atoms with van der Waals surface area (Å²) in [6.07, 6.45) is 1.23. The van der Waals surface area contributed by atoms with Crippen molar-refractivity contribution in [2.45, 2.75) is 20.0 Å². The zero-order chi connectivity index (χ0) is 13.0. The number of anilines is 1. The molecule has 1 N–H and O–H groups in total. The normalized spacial score (nSPS) is 17.2. The minimum atomic E-state index is 0.100. The summed E-state index contributed by atoms with van der Waals surface area (Å²) < 4.78 is 1.08. The van der Waals surface area contributed by atoms with E-state index in [0.29, 0.717) is 0 Å². The summed E-state index contributed by atoms with van der Waals surface area (Å²) in [6, 6.07) is 6.11. The van der Waals surface area contributed by atoms with E-state index in [1.807, 2.05) is 12.1 Å². The van der Waals surface area contributed by atoms with E-state index < -0.39 is 0 Å². The van der Waals surface area contributed by atoms with Gasteiger partial charge >= 0.3 is 0 Å². The monoisotopic (exact) mass is 312 g/mol. The van der Waals surface area contributed by atoms with Gasteiger partial charge in [-0.25, -0.2) is 0 Å². The fraction of sp³-hybridized carbons (Fsp3) is 0.571. The first kappa shape index (κ1) is 13.8. The molecule has 0 bridgehead atoms. The maximum Gasteiger partial charge on any atom is 0.0682 e. The number of piperazine rings is 1. The quantitative estimate of drug-likeness (QED) is 0.925. The second kappa shape index (κ2) is 6.55. The van der Waals surface area contributed by atoms with Crippen molar-refractivity contribution in [3.8, 4) is 0 Å². The van der Waals surface area contributed by atoms with Gasteiger partial charge in [0.1, 0.15) is 0 Å². The first-order valence-corrected chi connectivity index (χ1v) is 7.40. The summed E-state index contributed by atoms with van der Waals surface area (Å²) in [5.41, 5.74) is 2.19. The number of aliphatic hydroxyl groups excluding tert-OH is 1. The van der Waals surface area contributed by atoms with Gasteiger partial charge in [-0.2, -0.15) is 0 Å². The maximum atomic E-state index is 9.12. The van der Waals surface area contributed by atoms with Gasteiger partial charge < -0.3 is 10.0 Å². The predicted octanol–water partition coefficient (Wildman–Crippen LogP) is 2.47. The van der Waals surface area contributed by atoms with E-state index in [2.05, 4.69) is 38.7 Å². The molecule has 1 aromatic rings. The van der Waals surface area contributed by atoms with Crippen LogP contribution in [0.15, 0.2) is 22.7 Å². The number of hydrogen-bond acceptors (Lipinski definition) is 3. The Labute approximate surface area is 118 Å². The molecule has 1 aliphatic rings. The average Bonchev–Trinajstić information content (AvgIpc) is 2.40. The van der Waals surface area contributed by atoms with E-state index in [1.54, 1.807) is 0 Å². The second-order valence-electron chi connectivity index (χ2n) is 4.77. The third-order valence-corrected chi connectivity index (χ3v) is 4.08. The lowest BCUT2D eigenvalue weighted by Crippen LogP contribution is -2.46. The van der Waals surface area contributed by atoms with Crippen molar-refractivity contribution in [1.29, 1.82) is 0 Å². The molecule has 1 aliphatic heterocycles. The second-order valence-corrected chi connectivity index (χ2v) is 5.63. The minimum Gasteiger partial charge on any atom is -0.392 e. The predicted molar refractivity (Wildman–Crippen MR) is 79.0 cm³/mol. The number of aliphatic hydroxyl groups is 1. The zero-order valence-electron chi connectivity index (χ0n) is 10.9. The van der Waals surface area contributed by atoms with Gasteiger partial charge in [0.25, 0.3) is 0 Å². The molecule has 2 rings (SSSR count). The van der Waals surface area contributed by atoms with E-state index in [9.17, 15) is 0 Å². The molecule has 0 aromatic heterocycles. The average molecular weight is 313 g/mol. The van der Waals surface area contributed by atoms with Gasteiger partial charge in [0.15, 0.2) is 0 Å². The van der Waals surface area contributed by atoms with E-state index in [4.69, 9.17) is 5.11 Å². The molecule has 1 saturated heterocycles. The molecule has 0 spiro atoms. The molecular weight excluding hydrogens is 292 g/mol. The van der Waals surface area contributed by atoms with Crippen LogP contribution in [0.4, 0.5) is 5.69 Å². The molecule has 0 aliphatic carbocycles. The lowest BCUT2D eigenvalue weighted by molar-refractivity contribution is 0.258. The molecule has 100 valence electrons. The van der Waals surface area contributed by atoms with Gasteiger partial charge in [0.2, 0.25) is 0 Å². The Morgan fingerprint density at radius 3 is 2.50 bits per heavy atom. The number of rotatable bonds is 4. The van der Waals surface area contributed by atoms with Gasteiger partial charge in [-0.3, -0.25) is 4.90 Å². The molecule has 0 amide bonds. The first-order valence-electron chi connectivity index (χ1n) is 6.61. The van der Waals surface area contributed by atoms with Crippen LogP contribution in [0.5, 0.6) is 0 Å². The van der Waals surface area contributed by atoms with Crippen molar-refractivity contribution in [3.63, 3.8) is 0 Å². The van der Waals surface area contributed by atoms with Gasteiger partial charge in [-0.15, -0.1) is 0 Å². The first-order chi connectivity index (χ1) is 8.74. The Kier molecular flexibility index (Phi) is 5.03. The van der Waals surface area contributed by atoms with Crippen LogP contribution >= 0.6 is 15.9 Å². The topological polar surface area (TPSA) is 26.7 Å². The van der Waals surface area contributed by atoms with Crippen molar-refractivity contribution in [2.75, 3.05) is 37.6 Å². The van der Waals surface area contributed by atoms with Gasteiger partial charge in [-0.1, -0.05) is 13.0 Å². The van der Waals surface area contributed by atoms with Crippen molar-refractivity contribution >= 4 is 21.6 Å². The van der Waals surface area contributed by atoms with Crippen LogP contribution in [0.25, 0.3) is 0 Å². The standard InChI is InChI=1S/C14H21BrN2O/c1-2-5-16-6-8-17(9-7-16)14-4-3-12(11-18)10-13(14)15/h3-4,10,18H,2,5-9,11H2,1H3. The van der Waals surface area contributed by atoms with E-state index in [-0.39, 0.29) is 6.61 Å². The summed E-state index contributed by atoms with van der Waals surface area (Å²) in [4.78, 5) is 4.93. The summed E-state index contributed by atoms with van der Waals surface area (Å²) >= 11 is 3.60. The van der Waals surface area contributed by atoms with Crippen LogP contribution in [0, 0.1) is 0 Å². The Morgan fingerprint density at radius 2 is 1.94 bits per heavy atom. The van der Waals surface area contributed by atoms with Gasteiger partial charge in [0, 0.05) is 30.7 Å². The molecule has 1 aromatic carbocycles. The molecule has 4 heteroatoms. The Hall–Kier alpha value is -0.580. The lowest BCUT2D eigenvalue weighted by Gasteiger charge is -2.36. The minimum absolute atomic E-state index is 0.100. The van der Waals surface area contributed by atoms with Crippen LogP contribution in [-0.2, 0) is 6.61 Å². The molecule has 0 unspecified atom stereocenters. The molecule has 0 saturated carbocycles. The molecule has 0 radical (unpaired) electrons. The third-order valence-electron chi connectivity index (χ3n) is 3.45. The van der Waals surface area contributed by atoms with Crippen molar-refractivity contribution in [1.82, 2.24) is 4.90 Å². The summed E-state index contributed by atoms with van der Waals surface area (Å²) in [7, 11) is 0. The fourth-order valence-corrected chi connectivity index (χ4v) is 3.11. The third kappa shape index (κ3) is 3.25. The SMILES string of the molecule is CCCN1CCN(c2ccc(CO)cc2Br)CC1. The Morgan fingerprint density at radius 1 is 1.22 bits per heavy atom. The van der Waals surface area contributed by atoms with Crippen LogP contribution in [-0.4, -0.2) is 42.7 Å². The summed E-state index contributed by atoms with van der Waals surface area (Å²) in [5, 5.41) is 9.12. The molecule has 0 atom stereocenters. The number of halogens is 1. The molecule has 3 nitrogen and oxygen atoms in total. The smallest absolute Gasteiger partial charge is 0.0682 e. The van der Waals surface area contributed by atoms with Gasteiger partial charge in [0.05, 0.1) is 12.3 Å². The highest BCUT2D eigenvalue weighted by Crippen LogP contribution is 2.28. The number of hydrogen-bond donors (Lipinski definition) is 1. The van der Waals surface area contributed by atoms with Crippen LogP contribution in [0.3, 0.4) is 0 Å². The lowest BCUT2D eigenvalue weighted by atomic mass is 10.2. The summed E-state index contributed by atoms with van der Waals surface area (Å²) in [5.74, 6) is 0. The fourth-order valence-electron chi connectivity index (χ4n) is 2.43. The van der Waals surface area contributed by atoms with E-state index >= 15 is 0 Å². The zero-order valence-corrected chi connectivity index (χ0v) is 12.5. The highest BCUT2D eigenvalue weighted by Gasteiger charge is 2.18. The van der Waals surface area contributed by atoms with Crippen LogP contribution < -0.4 is 4.90 Å². The van der Waals surface area contributed by atoms with Crippen molar-refractivity contribution in [2.24, 2.45) is 0 Å². The van der Waals surface area contributed by atoms with E-state index in [0.717, 1.165) is 36.2 Å². The summed E-state index contributed by atoms with van der Waals surface area (Å²) in [6.45, 7) is 7.98. The van der Waals surface area contributed by atoms with Gasteiger partial charge in [-0.05, 0) is 46.6 Å². The molecular formula is C14H21BrN2O. The maximum absolute atomic E-state index is 9.12. The Balaban J connectivity index is 2.01. The van der Waals surface area contributed by atoms with E-state index in [1.165, 1.54) is 18.7 Å². The van der Waals surface area contributed by atoms with Crippen LogP contribution in [0.1, 0.15) is 18.9 Å². The largest absolute Gasteiger partial charge is 0.392 e. The highest BCUT2D eigenvalue weighted by atomic mass is 79.9. The Bertz CT molecular complexity index is 389. The number of benzene rings is 1.